The van der Waals surface area contributed by atoms with Gasteiger partial charge < -0.3 is 10.1 Å². The van der Waals surface area contributed by atoms with Crippen molar-refractivity contribution in [1.82, 2.24) is 5.32 Å². The number of carbonyl (C=O) groups excluding carboxylic acids is 1. The number of nitrogens with one attached hydrogen (secondary N) is 1. The second kappa shape index (κ2) is 7.60. The van der Waals surface area contributed by atoms with Gasteiger partial charge in [-0.15, -0.1) is 12.6 Å². The van der Waals surface area contributed by atoms with Crippen LogP contribution in [0.15, 0.2) is 69.0 Å². The molecule has 2 aromatic rings. The number of rotatable bonds is 4. The number of nitrogens with zero attached hydrogens (tertiary/aromatic N) is 1. The van der Waals surface area contributed by atoms with E-state index in [1.165, 1.54) is 11.3 Å². The fraction of sp³-hybridized carbons (Fsp3) is 0.158. The van der Waals surface area contributed by atoms with Crippen LogP contribution in [0.25, 0.3) is 0 Å². The number of thiol groups is 1. The van der Waals surface area contributed by atoms with Gasteiger partial charge in [-0.25, -0.2) is 4.79 Å². The summed E-state index contributed by atoms with van der Waals surface area (Å²) in [6.45, 7) is 1.98. The topological polar surface area (TPSA) is 62.1 Å². The van der Waals surface area contributed by atoms with Crippen LogP contribution in [0.3, 0.4) is 0 Å². The van der Waals surface area contributed by atoms with Crippen LogP contribution in [0.1, 0.15) is 24.0 Å². The smallest absolute Gasteiger partial charge is 0.337 e. The van der Waals surface area contributed by atoms with Crippen molar-refractivity contribution in [3.63, 3.8) is 0 Å². The molecule has 126 valence electrons. The van der Waals surface area contributed by atoms with Gasteiger partial charge in [-0.1, -0.05) is 30.3 Å². The van der Waals surface area contributed by atoms with Crippen LogP contribution in [-0.4, -0.2) is 5.97 Å². The van der Waals surface area contributed by atoms with E-state index in [-0.39, 0.29) is 6.61 Å². The Kier molecular flexibility index (Phi) is 5.27. The molecule has 1 aliphatic heterocycles. The molecular weight excluding hydrogens is 352 g/mol. The molecule has 0 saturated carbocycles. The van der Waals surface area contributed by atoms with Gasteiger partial charge in [0.25, 0.3) is 0 Å². The molecule has 0 spiro atoms. The zero-order chi connectivity index (χ0) is 17.8. The highest BCUT2D eigenvalue weighted by Crippen LogP contribution is 2.39. The highest BCUT2D eigenvalue weighted by molar-refractivity contribution is 7.84. The Morgan fingerprint density at radius 2 is 2.12 bits per heavy atom. The minimum Gasteiger partial charge on any atom is -0.457 e. The normalized spacial score (nSPS) is 17.1. The number of thiophene rings is 1. The van der Waals surface area contributed by atoms with Gasteiger partial charge in [0.05, 0.1) is 28.2 Å². The zero-order valence-electron chi connectivity index (χ0n) is 13.5. The van der Waals surface area contributed by atoms with Crippen LogP contribution < -0.4 is 5.32 Å². The summed E-state index contributed by atoms with van der Waals surface area (Å²) in [6, 6.07) is 13.6. The van der Waals surface area contributed by atoms with Crippen LogP contribution in [0.2, 0.25) is 0 Å². The number of dihydropyridines is 1. The van der Waals surface area contributed by atoms with E-state index in [0.29, 0.717) is 21.9 Å². The Bertz CT molecular complexity index is 878. The first-order valence-electron chi connectivity index (χ1n) is 7.66. The lowest BCUT2D eigenvalue weighted by Gasteiger charge is -2.27. The summed E-state index contributed by atoms with van der Waals surface area (Å²) in [4.78, 5) is 12.8. The second-order valence-corrected chi connectivity index (χ2v) is 6.82. The standard InChI is InChI=1S/C19H16N2O2S2/c1-12-16(19(22)23-10-13-5-3-2-4-6-13)17(14-7-8-25-11-14)15(9-20)18(24)21-12/h2-8,11,17,21,24H,10H2,1H3/t17-/m0/s1. The Morgan fingerprint density at radius 1 is 1.36 bits per heavy atom. The summed E-state index contributed by atoms with van der Waals surface area (Å²) >= 11 is 5.89. The lowest BCUT2D eigenvalue weighted by Crippen LogP contribution is -2.27. The quantitative estimate of drug-likeness (QED) is 0.630. The van der Waals surface area contributed by atoms with E-state index in [0.717, 1.165) is 11.1 Å². The lowest BCUT2D eigenvalue weighted by atomic mass is 9.84. The summed E-state index contributed by atoms with van der Waals surface area (Å²) in [5.74, 6) is -0.896. The number of esters is 1. The van der Waals surface area contributed by atoms with Gasteiger partial charge in [0, 0.05) is 5.70 Å². The maximum Gasteiger partial charge on any atom is 0.337 e. The molecule has 1 aromatic heterocycles. The van der Waals surface area contributed by atoms with E-state index in [1.807, 2.05) is 47.2 Å². The van der Waals surface area contributed by atoms with Gasteiger partial charge in [0.15, 0.2) is 0 Å². The number of benzene rings is 1. The van der Waals surface area contributed by atoms with Crippen molar-refractivity contribution >= 4 is 29.9 Å². The minimum absolute atomic E-state index is 0.187. The first kappa shape index (κ1) is 17.3. The van der Waals surface area contributed by atoms with E-state index in [9.17, 15) is 10.1 Å². The first-order chi connectivity index (χ1) is 12.1. The van der Waals surface area contributed by atoms with Crippen molar-refractivity contribution in [3.05, 3.63) is 80.2 Å². The van der Waals surface area contributed by atoms with Crippen molar-refractivity contribution in [1.29, 1.82) is 5.26 Å². The van der Waals surface area contributed by atoms with Crippen LogP contribution in [0, 0.1) is 11.3 Å². The number of ether oxygens (including phenoxy) is 1. The van der Waals surface area contributed by atoms with Crippen molar-refractivity contribution in [2.24, 2.45) is 0 Å². The molecule has 25 heavy (non-hydrogen) atoms. The molecule has 3 rings (SSSR count). The number of allylic oxidation sites excluding steroid dienone is 2. The highest BCUT2D eigenvalue weighted by Gasteiger charge is 2.34. The van der Waals surface area contributed by atoms with Gasteiger partial charge in [0.2, 0.25) is 0 Å². The summed E-state index contributed by atoms with van der Waals surface area (Å²) in [6.07, 6.45) is 0. The summed E-state index contributed by atoms with van der Waals surface area (Å²) in [5.41, 5.74) is 3.32. The monoisotopic (exact) mass is 368 g/mol. The molecule has 0 bridgehead atoms. The predicted octanol–water partition coefficient (Wildman–Crippen LogP) is 4.12. The molecule has 0 aliphatic carbocycles. The third-order valence-electron chi connectivity index (χ3n) is 3.97. The molecule has 1 aliphatic rings. The molecule has 0 unspecified atom stereocenters. The SMILES string of the molecule is CC1=C(C(=O)OCc2ccccc2)[C@@H](c2ccsc2)C(C#N)=C(S)N1. The molecule has 1 N–H and O–H groups in total. The summed E-state index contributed by atoms with van der Waals surface area (Å²) in [7, 11) is 0. The molecule has 1 aromatic carbocycles. The average molecular weight is 368 g/mol. The van der Waals surface area contributed by atoms with E-state index >= 15 is 0 Å². The first-order valence-corrected chi connectivity index (χ1v) is 9.05. The maximum atomic E-state index is 12.8. The van der Waals surface area contributed by atoms with E-state index < -0.39 is 11.9 Å². The maximum absolute atomic E-state index is 12.8. The molecular formula is C19H16N2O2S2. The average Bonchev–Trinajstić information content (AvgIpc) is 3.14. The minimum atomic E-state index is -0.465. The highest BCUT2D eigenvalue weighted by atomic mass is 32.1. The van der Waals surface area contributed by atoms with Crippen molar-refractivity contribution < 1.29 is 9.53 Å². The molecule has 0 radical (unpaired) electrons. The van der Waals surface area contributed by atoms with Crippen molar-refractivity contribution in [2.75, 3.05) is 0 Å². The number of nitriles is 1. The lowest BCUT2D eigenvalue weighted by molar-refractivity contribution is -0.140. The fourth-order valence-electron chi connectivity index (χ4n) is 2.77. The number of hydrogen-bond acceptors (Lipinski definition) is 6. The zero-order valence-corrected chi connectivity index (χ0v) is 15.2. The van der Waals surface area contributed by atoms with Gasteiger partial charge in [-0.2, -0.15) is 16.6 Å². The van der Waals surface area contributed by atoms with Gasteiger partial charge in [0.1, 0.15) is 6.61 Å². The van der Waals surface area contributed by atoms with Gasteiger partial charge >= 0.3 is 5.97 Å². The second-order valence-electron chi connectivity index (χ2n) is 5.59. The largest absolute Gasteiger partial charge is 0.457 e. The van der Waals surface area contributed by atoms with Crippen molar-refractivity contribution in [3.8, 4) is 6.07 Å². The van der Waals surface area contributed by atoms with E-state index in [1.54, 1.807) is 6.92 Å². The predicted molar refractivity (Wildman–Crippen MR) is 101 cm³/mol. The Hall–Kier alpha value is -2.49. The molecule has 0 amide bonds. The number of hydrogen-bond donors (Lipinski definition) is 2. The summed E-state index contributed by atoms with van der Waals surface area (Å²) < 4.78 is 5.50. The van der Waals surface area contributed by atoms with Gasteiger partial charge in [-0.3, -0.25) is 0 Å². The molecule has 4 nitrogen and oxygen atoms in total. The molecule has 1 atom stereocenters. The third kappa shape index (κ3) is 3.63. The summed E-state index contributed by atoms with van der Waals surface area (Å²) in [5, 5.41) is 16.9. The molecule has 0 saturated heterocycles. The Morgan fingerprint density at radius 3 is 2.76 bits per heavy atom. The Labute approximate surface area is 155 Å². The van der Waals surface area contributed by atoms with Crippen molar-refractivity contribution in [2.45, 2.75) is 19.4 Å². The number of carbonyl (C=O) groups is 1. The fourth-order valence-corrected chi connectivity index (χ4v) is 3.80. The Balaban J connectivity index is 1.90. The van der Waals surface area contributed by atoms with E-state index in [4.69, 9.17) is 4.74 Å². The molecule has 0 fully saturated rings. The van der Waals surface area contributed by atoms with Gasteiger partial charge in [-0.05, 0) is 34.9 Å². The van der Waals surface area contributed by atoms with Crippen LogP contribution in [0.5, 0.6) is 0 Å². The molecule has 6 heteroatoms. The third-order valence-corrected chi connectivity index (χ3v) is 5.03. The molecule has 2 heterocycles. The van der Waals surface area contributed by atoms with Crippen LogP contribution in [0.4, 0.5) is 0 Å². The van der Waals surface area contributed by atoms with Crippen LogP contribution in [-0.2, 0) is 16.1 Å². The van der Waals surface area contributed by atoms with E-state index in [2.05, 4.69) is 24.0 Å². The van der Waals surface area contributed by atoms with Crippen LogP contribution >= 0.6 is 24.0 Å².